The van der Waals surface area contributed by atoms with Gasteiger partial charge in [0.2, 0.25) is 0 Å². The first-order valence-corrected chi connectivity index (χ1v) is 7.70. The number of likely N-dealkylation sites (N-methyl/N-ethyl adjacent to an activating group) is 1. The SMILES string of the molecule is CCC(CC)(C(NC)C1CCC1)N1CCCC1. The predicted molar refractivity (Wildman–Crippen MR) is 74.3 cm³/mol. The molecule has 0 aromatic rings. The van der Waals surface area contributed by atoms with Crippen LogP contribution in [0, 0.1) is 5.92 Å². The second-order valence-electron chi connectivity index (χ2n) is 5.96. The van der Waals surface area contributed by atoms with Crippen LogP contribution in [0.2, 0.25) is 0 Å². The highest BCUT2D eigenvalue weighted by Gasteiger charge is 2.45. The van der Waals surface area contributed by atoms with Crippen molar-refractivity contribution in [3.8, 4) is 0 Å². The lowest BCUT2D eigenvalue weighted by Gasteiger charge is -2.51. The fourth-order valence-corrected chi connectivity index (χ4v) is 4.21. The number of likely N-dealkylation sites (tertiary alicyclic amines) is 1. The third-order valence-corrected chi connectivity index (χ3v) is 5.47. The molecule has 0 aromatic carbocycles. The van der Waals surface area contributed by atoms with Crippen molar-refractivity contribution in [3.05, 3.63) is 0 Å². The summed E-state index contributed by atoms with van der Waals surface area (Å²) in [6.45, 7) is 7.44. The van der Waals surface area contributed by atoms with Crippen molar-refractivity contribution in [2.24, 2.45) is 5.92 Å². The highest BCUT2D eigenvalue weighted by Crippen LogP contribution is 2.40. The molecule has 1 aliphatic carbocycles. The van der Waals surface area contributed by atoms with Crippen LogP contribution in [-0.4, -0.2) is 36.6 Å². The molecule has 1 heterocycles. The number of nitrogens with zero attached hydrogens (tertiary/aromatic N) is 1. The molecule has 1 atom stereocenters. The Hall–Kier alpha value is -0.0800. The second-order valence-corrected chi connectivity index (χ2v) is 5.96. The van der Waals surface area contributed by atoms with Gasteiger partial charge in [0.15, 0.2) is 0 Å². The molecule has 1 saturated heterocycles. The van der Waals surface area contributed by atoms with Crippen molar-refractivity contribution < 1.29 is 0 Å². The first-order valence-electron chi connectivity index (χ1n) is 7.70. The minimum absolute atomic E-state index is 0.427. The van der Waals surface area contributed by atoms with E-state index in [1.54, 1.807) is 0 Å². The van der Waals surface area contributed by atoms with Gasteiger partial charge >= 0.3 is 0 Å². The van der Waals surface area contributed by atoms with Crippen LogP contribution in [-0.2, 0) is 0 Å². The molecule has 1 saturated carbocycles. The minimum atomic E-state index is 0.427. The Morgan fingerprint density at radius 2 is 1.71 bits per heavy atom. The summed E-state index contributed by atoms with van der Waals surface area (Å²) in [5, 5.41) is 3.68. The molecule has 0 spiro atoms. The van der Waals surface area contributed by atoms with Gasteiger partial charge in [-0.3, -0.25) is 4.90 Å². The van der Waals surface area contributed by atoms with Crippen LogP contribution in [0.25, 0.3) is 0 Å². The van der Waals surface area contributed by atoms with Gasteiger partial charge in [0.1, 0.15) is 0 Å². The van der Waals surface area contributed by atoms with Crippen molar-refractivity contribution in [3.63, 3.8) is 0 Å². The summed E-state index contributed by atoms with van der Waals surface area (Å²) in [4.78, 5) is 2.80. The summed E-state index contributed by atoms with van der Waals surface area (Å²) in [5.41, 5.74) is 0.427. The molecule has 1 N–H and O–H groups in total. The number of rotatable bonds is 6. The average Bonchev–Trinajstić information content (AvgIpc) is 2.81. The first-order chi connectivity index (χ1) is 8.28. The van der Waals surface area contributed by atoms with E-state index in [2.05, 4.69) is 31.1 Å². The first kappa shape index (κ1) is 13.4. The summed E-state index contributed by atoms with van der Waals surface area (Å²) >= 11 is 0. The standard InChI is InChI=1S/C15H30N2/c1-4-15(5-2,17-11-6-7-12-17)14(16-3)13-9-8-10-13/h13-14,16H,4-12H2,1-3H3. The second kappa shape index (κ2) is 5.71. The van der Waals surface area contributed by atoms with Crippen LogP contribution in [0.3, 0.4) is 0 Å². The third kappa shape index (κ3) is 2.26. The molecule has 2 nitrogen and oxygen atoms in total. The van der Waals surface area contributed by atoms with Gasteiger partial charge in [-0.15, -0.1) is 0 Å². The lowest BCUT2D eigenvalue weighted by molar-refractivity contribution is 0.0215. The molecule has 100 valence electrons. The molecule has 0 radical (unpaired) electrons. The van der Waals surface area contributed by atoms with Crippen molar-refractivity contribution in [1.82, 2.24) is 10.2 Å². The van der Waals surface area contributed by atoms with E-state index in [9.17, 15) is 0 Å². The zero-order valence-corrected chi connectivity index (χ0v) is 12.0. The summed E-state index contributed by atoms with van der Waals surface area (Å²) in [6, 6.07) is 0.712. The van der Waals surface area contributed by atoms with Crippen molar-refractivity contribution >= 4 is 0 Å². The summed E-state index contributed by atoms with van der Waals surface area (Å²) < 4.78 is 0. The molecule has 2 fully saturated rings. The molecular weight excluding hydrogens is 208 g/mol. The summed E-state index contributed by atoms with van der Waals surface area (Å²) in [6.07, 6.45) is 9.75. The van der Waals surface area contributed by atoms with Gasteiger partial charge in [-0.1, -0.05) is 20.3 Å². The van der Waals surface area contributed by atoms with Crippen molar-refractivity contribution in [2.45, 2.75) is 70.4 Å². The van der Waals surface area contributed by atoms with E-state index in [4.69, 9.17) is 0 Å². The van der Waals surface area contributed by atoms with Gasteiger partial charge in [-0.05, 0) is 64.6 Å². The van der Waals surface area contributed by atoms with Gasteiger partial charge in [0, 0.05) is 11.6 Å². The minimum Gasteiger partial charge on any atom is -0.315 e. The van der Waals surface area contributed by atoms with E-state index in [1.165, 1.54) is 58.0 Å². The van der Waals surface area contributed by atoms with Crippen molar-refractivity contribution in [1.29, 1.82) is 0 Å². The van der Waals surface area contributed by atoms with Crippen LogP contribution in [0.15, 0.2) is 0 Å². The number of nitrogens with one attached hydrogen (secondary N) is 1. The van der Waals surface area contributed by atoms with Crippen LogP contribution in [0.1, 0.15) is 58.8 Å². The Balaban J connectivity index is 2.16. The quantitative estimate of drug-likeness (QED) is 0.765. The maximum Gasteiger partial charge on any atom is 0.0359 e. The Bertz CT molecular complexity index is 225. The van der Waals surface area contributed by atoms with Gasteiger partial charge < -0.3 is 5.32 Å². The number of hydrogen-bond acceptors (Lipinski definition) is 2. The zero-order valence-electron chi connectivity index (χ0n) is 12.0. The topological polar surface area (TPSA) is 15.3 Å². The fraction of sp³-hybridized carbons (Fsp3) is 1.00. The van der Waals surface area contributed by atoms with Crippen LogP contribution in [0.4, 0.5) is 0 Å². The Morgan fingerprint density at radius 1 is 1.12 bits per heavy atom. The lowest BCUT2D eigenvalue weighted by atomic mass is 9.69. The Kier molecular flexibility index (Phi) is 4.48. The average molecular weight is 238 g/mol. The van der Waals surface area contributed by atoms with Crippen LogP contribution < -0.4 is 5.32 Å². The van der Waals surface area contributed by atoms with E-state index < -0.39 is 0 Å². The largest absolute Gasteiger partial charge is 0.315 e. The van der Waals surface area contributed by atoms with E-state index in [0.29, 0.717) is 11.6 Å². The van der Waals surface area contributed by atoms with E-state index >= 15 is 0 Å². The third-order valence-electron chi connectivity index (χ3n) is 5.47. The van der Waals surface area contributed by atoms with Gasteiger partial charge in [0.05, 0.1) is 0 Å². The maximum atomic E-state index is 3.68. The Labute approximate surface area is 107 Å². The highest BCUT2D eigenvalue weighted by atomic mass is 15.2. The molecule has 2 rings (SSSR count). The Morgan fingerprint density at radius 3 is 2.06 bits per heavy atom. The molecule has 0 bridgehead atoms. The fourth-order valence-electron chi connectivity index (χ4n) is 4.21. The molecular formula is C15H30N2. The van der Waals surface area contributed by atoms with Gasteiger partial charge in [-0.25, -0.2) is 0 Å². The zero-order chi connectivity index (χ0) is 12.3. The molecule has 0 aromatic heterocycles. The monoisotopic (exact) mass is 238 g/mol. The highest BCUT2D eigenvalue weighted by molar-refractivity contribution is 5.04. The molecule has 17 heavy (non-hydrogen) atoms. The normalized spacial score (nSPS) is 24.9. The summed E-state index contributed by atoms with van der Waals surface area (Å²) in [5.74, 6) is 0.931. The van der Waals surface area contributed by atoms with Crippen LogP contribution in [0.5, 0.6) is 0 Å². The van der Waals surface area contributed by atoms with E-state index in [1.807, 2.05) is 0 Å². The van der Waals surface area contributed by atoms with E-state index in [0.717, 1.165) is 5.92 Å². The molecule has 2 heteroatoms. The lowest BCUT2D eigenvalue weighted by Crippen LogP contribution is -2.63. The molecule has 0 amide bonds. The number of hydrogen-bond donors (Lipinski definition) is 1. The van der Waals surface area contributed by atoms with Gasteiger partial charge in [-0.2, -0.15) is 0 Å². The van der Waals surface area contributed by atoms with Crippen LogP contribution >= 0.6 is 0 Å². The molecule has 1 unspecified atom stereocenters. The smallest absolute Gasteiger partial charge is 0.0359 e. The van der Waals surface area contributed by atoms with E-state index in [-0.39, 0.29) is 0 Å². The van der Waals surface area contributed by atoms with Crippen molar-refractivity contribution in [2.75, 3.05) is 20.1 Å². The summed E-state index contributed by atoms with van der Waals surface area (Å²) in [7, 11) is 2.18. The molecule has 1 aliphatic heterocycles. The predicted octanol–water partition coefficient (Wildman–Crippen LogP) is 3.03. The molecule has 2 aliphatic rings. The van der Waals surface area contributed by atoms with Gasteiger partial charge in [0.25, 0.3) is 0 Å². The maximum absolute atomic E-state index is 3.68.